The molecule has 19 heavy (non-hydrogen) atoms. The summed E-state index contributed by atoms with van der Waals surface area (Å²) in [7, 11) is -2.81. The van der Waals surface area contributed by atoms with Crippen LogP contribution >= 0.6 is 0 Å². The third-order valence-corrected chi connectivity index (χ3v) is 4.71. The summed E-state index contributed by atoms with van der Waals surface area (Å²) in [6.45, 7) is 9.78. The first-order valence-electron chi connectivity index (χ1n) is 6.99. The Bertz CT molecular complexity index is 410. The van der Waals surface area contributed by atoms with Crippen LogP contribution in [0.25, 0.3) is 0 Å². The van der Waals surface area contributed by atoms with E-state index >= 15 is 0 Å². The van der Waals surface area contributed by atoms with Crippen molar-refractivity contribution in [1.29, 1.82) is 0 Å². The highest BCUT2D eigenvalue weighted by Gasteiger charge is 2.27. The monoisotopic (exact) mass is 289 g/mol. The minimum atomic E-state index is -2.81. The van der Waals surface area contributed by atoms with E-state index in [4.69, 9.17) is 0 Å². The molecule has 5 nitrogen and oxygen atoms in total. The molecular formula is C13H27N3O2S. The maximum absolute atomic E-state index is 11.4. The Labute approximate surface area is 117 Å². The summed E-state index contributed by atoms with van der Waals surface area (Å²) in [5, 5.41) is 6.59. The molecule has 0 aromatic carbocycles. The lowest BCUT2D eigenvalue weighted by Gasteiger charge is -2.24. The fraction of sp³-hybridized carbons (Fsp3) is 0.923. The normalized spacial score (nSPS) is 23.4. The minimum Gasteiger partial charge on any atom is -0.356 e. The molecule has 1 saturated heterocycles. The summed E-state index contributed by atoms with van der Waals surface area (Å²) in [6, 6.07) is 0. The molecular weight excluding hydrogens is 262 g/mol. The van der Waals surface area contributed by atoms with Gasteiger partial charge in [0.15, 0.2) is 15.8 Å². The van der Waals surface area contributed by atoms with E-state index in [2.05, 4.69) is 43.3 Å². The van der Waals surface area contributed by atoms with Gasteiger partial charge in [-0.05, 0) is 39.5 Å². The van der Waals surface area contributed by atoms with Crippen LogP contribution in [0.3, 0.4) is 0 Å². The maximum Gasteiger partial charge on any atom is 0.191 e. The Kier molecular flexibility index (Phi) is 5.64. The number of nitrogens with one attached hydrogen (secondary N) is 2. The maximum atomic E-state index is 11.4. The zero-order chi connectivity index (χ0) is 14.5. The van der Waals surface area contributed by atoms with Crippen molar-refractivity contribution in [2.75, 3.05) is 24.6 Å². The van der Waals surface area contributed by atoms with Crippen molar-refractivity contribution in [3.63, 3.8) is 0 Å². The second kappa shape index (κ2) is 6.59. The van der Waals surface area contributed by atoms with E-state index in [-0.39, 0.29) is 17.2 Å². The van der Waals surface area contributed by atoms with Crippen LogP contribution in [-0.2, 0) is 9.84 Å². The average molecular weight is 289 g/mol. The largest absolute Gasteiger partial charge is 0.356 e. The smallest absolute Gasteiger partial charge is 0.191 e. The van der Waals surface area contributed by atoms with Gasteiger partial charge in [0.25, 0.3) is 0 Å². The van der Waals surface area contributed by atoms with Crippen LogP contribution in [0.4, 0.5) is 0 Å². The fourth-order valence-electron chi connectivity index (χ4n) is 1.97. The van der Waals surface area contributed by atoms with E-state index in [9.17, 15) is 8.42 Å². The summed E-state index contributed by atoms with van der Waals surface area (Å²) in [6.07, 6.45) is 1.77. The fourth-order valence-corrected chi connectivity index (χ4v) is 3.82. The Balaban J connectivity index is 2.56. The van der Waals surface area contributed by atoms with E-state index < -0.39 is 9.84 Å². The predicted molar refractivity (Wildman–Crippen MR) is 80.2 cm³/mol. The summed E-state index contributed by atoms with van der Waals surface area (Å²) >= 11 is 0. The van der Waals surface area contributed by atoms with Crippen molar-refractivity contribution in [1.82, 2.24) is 10.6 Å². The molecule has 112 valence electrons. The third kappa shape index (κ3) is 6.80. The first kappa shape index (κ1) is 16.3. The lowest BCUT2D eigenvalue weighted by molar-refractivity contribution is 0.497. The molecule has 0 spiro atoms. The molecule has 1 unspecified atom stereocenters. The van der Waals surface area contributed by atoms with Gasteiger partial charge in [0.1, 0.15) is 0 Å². The van der Waals surface area contributed by atoms with Crippen molar-refractivity contribution in [3.05, 3.63) is 0 Å². The molecule has 1 fully saturated rings. The van der Waals surface area contributed by atoms with Crippen LogP contribution in [0.2, 0.25) is 0 Å². The van der Waals surface area contributed by atoms with Gasteiger partial charge >= 0.3 is 0 Å². The van der Waals surface area contributed by atoms with Gasteiger partial charge in [0.05, 0.1) is 11.5 Å². The highest BCUT2D eigenvalue weighted by Crippen LogP contribution is 2.18. The number of sulfone groups is 1. The molecule has 0 saturated carbocycles. The van der Waals surface area contributed by atoms with Crippen molar-refractivity contribution in [2.24, 2.45) is 10.9 Å². The van der Waals surface area contributed by atoms with E-state index in [0.717, 1.165) is 25.3 Å². The van der Waals surface area contributed by atoms with Gasteiger partial charge in [0, 0.05) is 18.6 Å². The average Bonchev–Trinajstić information content (AvgIpc) is 2.60. The number of hydrogen-bond acceptors (Lipinski definition) is 3. The zero-order valence-electron chi connectivity index (χ0n) is 12.5. The van der Waals surface area contributed by atoms with Crippen LogP contribution < -0.4 is 10.6 Å². The number of nitrogens with zero attached hydrogens (tertiary/aromatic N) is 1. The lowest BCUT2D eigenvalue weighted by Crippen LogP contribution is -2.48. The Hall–Kier alpha value is -0.780. The summed E-state index contributed by atoms with van der Waals surface area (Å²) < 4.78 is 22.8. The highest BCUT2D eigenvalue weighted by atomic mass is 32.2. The van der Waals surface area contributed by atoms with Gasteiger partial charge < -0.3 is 10.6 Å². The second-order valence-corrected chi connectivity index (χ2v) is 8.49. The molecule has 2 N–H and O–H groups in total. The molecule has 0 aliphatic carbocycles. The minimum absolute atomic E-state index is 0.0542. The van der Waals surface area contributed by atoms with E-state index in [1.807, 2.05) is 0 Å². The van der Waals surface area contributed by atoms with Crippen molar-refractivity contribution in [2.45, 2.75) is 46.1 Å². The van der Waals surface area contributed by atoms with Gasteiger partial charge in [0.2, 0.25) is 0 Å². The predicted octanol–water partition coefficient (Wildman–Crippen LogP) is 1.16. The molecule has 0 radical (unpaired) electrons. The van der Waals surface area contributed by atoms with Crippen molar-refractivity contribution < 1.29 is 8.42 Å². The molecule has 0 bridgehead atoms. The molecule has 0 aromatic heterocycles. The van der Waals surface area contributed by atoms with E-state index in [0.29, 0.717) is 12.3 Å². The molecule has 0 aromatic rings. The Morgan fingerprint density at radius 2 is 2.05 bits per heavy atom. The van der Waals surface area contributed by atoms with Crippen LogP contribution in [0.15, 0.2) is 4.99 Å². The van der Waals surface area contributed by atoms with Crippen LogP contribution in [0.1, 0.15) is 40.5 Å². The van der Waals surface area contributed by atoms with E-state index in [1.165, 1.54) is 0 Å². The highest BCUT2D eigenvalue weighted by molar-refractivity contribution is 7.91. The molecule has 1 aliphatic heterocycles. The third-order valence-electron chi connectivity index (χ3n) is 2.87. The van der Waals surface area contributed by atoms with Crippen LogP contribution in [0, 0.1) is 5.92 Å². The molecule has 1 heterocycles. The standard InChI is InChI=1S/C13H27N3O2S/c1-5-7-14-12(16-13(2,3)4)15-9-11-6-8-19(17,18)10-11/h11H,5-10H2,1-4H3,(H2,14,15,16). The molecule has 0 amide bonds. The Morgan fingerprint density at radius 1 is 1.37 bits per heavy atom. The first-order valence-corrected chi connectivity index (χ1v) is 8.81. The number of rotatable bonds is 4. The van der Waals surface area contributed by atoms with Gasteiger partial charge in [-0.15, -0.1) is 0 Å². The van der Waals surface area contributed by atoms with Crippen molar-refractivity contribution in [3.8, 4) is 0 Å². The van der Waals surface area contributed by atoms with Gasteiger partial charge in [-0.25, -0.2) is 8.42 Å². The Morgan fingerprint density at radius 3 is 2.53 bits per heavy atom. The topological polar surface area (TPSA) is 70.6 Å². The summed E-state index contributed by atoms with van der Waals surface area (Å²) in [5.74, 6) is 1.55. The molecule has 1 aliphatic rings. The quantitative estimate of drug-likeness (QED) is 0.602. The number of aliphatic imine (C=N–C) groups is 1. The van der Waals surface area contributed by atoms with Gasteiger partial charge in [-0.1, -0.05) is 6.92 Å². The molecule has 6 heteroatoms. The number of hydrogen-bond donors (Lipinski definition) is 2. The van der Waals surface area contributed by atoms with Gasteiger partial charge in [-0.3, -0.25) is 4.99 Å². The van der Waals surface area contributed by atoms with Crippen LogP contribution in [-0.4, -0.2) is 44.5 Å². The molecule has 1 atom stereocenters. The second-order valence-electron chi connectivity index (χ2n) is 6.26. The SMILES string of the molecule is CCCNC(=NCC1CCS(=O)(=O)C1)NC(C)(C)C. The van der Waals surface area contributed by atoms with Crippen LogP contribution in [0.5, 0.6) is 0 Å². The summed E-state index contributed by atoms with van der Waals surface area (Å²) in [5.41, 5.74) is -0.0542. The molecule has 1 rings (SSSR count). The number of guanidine groups is 1. The van der Waals surface area contributed by atoms with Gasteiger partial charge in [-0.2, -0.15) is 0 Å². The first-order chi connectivity index (χ1) is 8.72. The summed E-state index contributed by atoms with van der Waals surface area (Å²) in [4.78, 5) is 4.52. The van der Waals surface area contributed by atoms with Crippen molar-refractivity contribution >= 4 is 15.8 Å². The van der Waals surface area contributed by atoms with E-state index in [1.54, 1.807) is 0 Å². The lowest BCUT2D eigenvalue weighted by atomic mass is 10.1. The zero-order valence-corrected chi connectivity index (χ0v) is 13.3.